The maximum absolute atomic E-state index is 11.3. The smallest absolute Gasteiger partial charge is 0.370 e. The molecule has 0 bridgehead atoms. The fraction of sp³-hybridized carbons (Fsp3) is 0.850. The molecule has 0 radical (unpaired) electrons. The van der Waals surface area contributed by atoms with Gasteiger partial charge in [0.25, 0.3) is 0 Å². The van der Waals surface area contributed by atoms with Crippen LogP contribution in [0.1, 0.15) is 48.5 Å². The molecule has 2 aliphatic rings. The van der Waals surface area contributed by atoms with E-state index in [1.807, 2.05) is 34.6 Å². The minimum absolute atomic E-state index is 0. The van der Waals surface area contributed by atoms with Crippen molar-refractivity contribution in [3.05, 3.63) is 11.8 Å². The maximum atomic E-state index is 11.3. The van der Waals surface area contributed by atoms with E-state index in [1.54, 1.807) is 13.8 Å². The van der Waals surface area contributed by atoms with Crippen molar-refractivity contribution in [2.24, 2.45) is 17.3 Å². The molecule has 0 spiro atoms. The number of hydrogen-bond donors (Lipinski definition) is 3. The molecule has 0 aliphatic carbocycles. The van der Waals surface area contributed by atoms with Gasteiger partial charge in [0.05, 0.1) is 37.1 Å². The Morgan fingerprint density at radius 2 is 1.68 bits per heavy atom. The van der Waals surface area contributed by atoms with Gasteiger partial charge in [-0.05, 0) is 33.8 Å². The molecule has 7 unspecified atom stereocenters. The molecule has 0 amide bonds. The standard InChI is InChI=1S/C20H34O7.H2O/c1-11-14(21)8-15(17(23)24)27-20(11,7)10-25-9-19(6)13(3)26-18(4,5)12(2)16(19)22;/h8,11-14,16,21-22H,9-10H2,1-7H3,(H,23,24);1H2. The molecule has 2 rings (SSSR count). The Morgan fingerprint density at radius 1 is 1.11 bits per heavy atom. The SMILES string of the molecule is CC1C(O)C(C)(COCC2(C)OC(C(=O)O)=CC(O)C2C)C(C)OC1(C)C.O. The van der Waals surface area contributed by atoms with Gasteiger partial charge >= 0.3 is 5.97 Å². The van der Waals surface area contributed by atoms with Crippen molar-refractivity contribution < 1.29 is 39.8 Å². The van der Waals surface area contributed by atoms with Gasteiger partial charge in [0.15, 0.2) is 0 Å². The van der Waals surface area contributed by atoms with E-state index in [9.17, 15) is 20.1 Å². The Morgan fingerprint density at radius 3 is 2.21 bits per heavy atom. The molecule has 28 heavy (non-hydrogen) atoms. The fourth-order valence-corrected chi connectivity index (χ4v) is 3.88. The maximum Gasteiger partial charge on any atom is 0.370 e. The Kier molecular flexibility index (Phi) is 7.35. The van der Waals surface area contributed by atoms with Crippen molar-refractivity contribution in [3.8, 4) is 0 Å². The van der Waals surface area contributed by atoms with Crippen LogP contribution in [-0.4, -0.2) is 69.5 Å². The molecule has 8 heteroatoms. The van der Waals surface area contributed by atoms with Crippen LogP contribution in [0.4, 0.5) is 0 Å². The van der Waals surface area contributed by atoms with Crippen molar-refractivity contribution >= 4 is 5.97 Å². The van der Waals surface area contributed by atoms with Gasteiger partial charge in [-0.1, -0.05) is 20.8 Å². The molecule has 7 atom stereocenters. The van der Waals surface area contributed by atoms with E-state index in [0.717, 1.165) is 0 Å². The van der Waals surface area contributed by atoms with Crippen LogP contribution in [0.15, 0.2) is 11.8 Å². The quantitative estimate of drug-likeness (QED) is 0.625. The zero-order chi connectivity index (χ0) is 20.8. The summed E-state index contributed by atoms with van der Waals surface area (Å²) in [6, 6.07) is 0. The summed E-state index contributed by atoms with van der Waals surface area (Å²) >= 11 is 0. The number of carbonyl (C=O) groups is 1. The molecule has 8 nitrogen and oxygen atoms in total. The second-order valence-electron chi connectivity index (χ2n) is 9.13. The largest absolute Gasteiger partial charge is 0.478 e. The molecule has 5 N–H and O–H groups in total. The first-order valence-electron chi connectivity index (χ1n) is 9.50. The highest BCUT2D eigenvalue weighted by molar-refractivity contribution is 5.84. The monoisotopic (exact) mass is 404 g/mol. The molecular weight excluding hydrogens is 368 g/mol. The molecule has 0 aromatic carbocycles. The highest BCUT2D eigenvalue weighted by Crippen LogP contribution is 2.45. The highest BCUT2D eigenvalue weighted by Gasteiger charge is 2.53. The number of carboxylic acid groups (broad SMARTS) is 1. The lowest BCUT2D eigenvalue weighted by atomic mass is 9.68. The highest BCUT2D eigenvalue weighted by atomic mass is 16.6. The predicted octanol–water partition coefficient (Wildman–Crippen LogP) is 1.13. The number of aliphatic hydroxyl groups excluding tert-OH is 2. The molecule has 1 saturated heterocycles. The third-order valence-corrected chi connectivity index (χ3v) is 6.81. The number of aliphatic hydroxyl groups is 2. The molecular formula is C20H36O8. The summed E-state index contributed by atoms with van der Waals surface area (Å²) in [6.45, 7) is 13.6. The van der Waals surface area contributed by atoms with Crippen molar-refractivity contribution in [2.45, 2.75) is 78.0 Å². The molecule has 0 aromatic heterocycles. The van der Waals surface area contributed by atoms with Crippen molar-refractivity contribution in [3.63, 3.8) is 0 Å². The van der Waals surface area contributed by atoms with E-state index >= 15 is 0 Å². The first-order valence-corrected chi connectivity index (χ1v) is 9.50. The Balaban J connectivity index is 0.00000392. The summed E-state index contributed by atoms with van der Waals surface area (Å²) in [5.74, 6) is -1.93. The lowest BCUT2D eigenvalue weighted by molar-refractivity contribution is -0.255. The van der Waals surface area contributed by atoms with E-state index in [-0.39, 0.29) is 42.4 Å². The van der Waals surface area contributed by atoms with Gasteiger partial charge in [-0.2, -0.15) is 0 Å². The van der Waals surface area contributed by atoms with Gasteiger partial charge in [0.2, 0.25) is 5.76 Å². The van der Waals surface area contributed by atoms with Crippen LogP contribution >= 0.6 is 0 Å². The molecule has 0 aromatic rings. The Labute approximate surface area is 166 Å². The second kappa shape index (κ2) is 8.28. The third-order valence-electron chi connectivity index (χ3n) is 6.81. The molecule has 0 saturated carbocycles. The van der Waals surface area contributed by atoms with Crippen LogP contribution in [0.2, 0.25) is 0 Å². The summed E-state index contributed by atoms with van der Waals surface area (Å²) in [4.78, 5) is 11.3. The topological polar surface area (TPSA) is 137 Å². The van der Waals surface area contributed by atoms with Crippen molar-refractivity contribution in [1.82, 2.24) is 0 Å². The van der Waals surface area contributed by atoms with Gasteiger partial charge in [0.1, 0.15) is 5.60 Å². The lowest BCUT2D eigenvalue weighted by Gasteiger charge is -2.53. The van der Waals surface area contributed by atoms with Crippen LogP contribution in [0, 0.1) is 17.3 Å². The fourth-order valence-electron chi connectivity index (χ4n) is 3.88. The summed E-state index contributed by atoms with van der Waals surface area (Å²) in [7, 11) is 0. The number of aliphatic carboxylic acids is 1. The summed E-state index contributed by atoms with van der Waals surface area (Å²) in [5, 5.41) is 30.3. The normalized spacial score (nSPS) is 42.8. The van der Waals surface area contributed by atoms with E-state index in [0.29, 0.717) is 0 Å². The average Bonchev–Trinajstić information content (AvgIpc) is 2.56. The molecule has 2 aliphatic heterocycles. The Bertz CT molecular complexity index is 603. The van der Waals surface area contributed by atoms with Gasteiger partial charge in [-0.3, -0.25) is 0 Å². The second-order valence-corrected chi connectivity index (χ2v) is 9.13. The van der Waals surface area contributed by atoms with Crippen LogP contribution in [-0.2, 0) is 19.0 Å². The van der Waals surface area contributed by atoms with Gasteiger partial charge in [-0.15, -0.1) is 0 Å². The van der Waals surface area contributed by atoms with Crippen LogP contribution in [0.25, 0.3) is 0 Å². The van der Waals surface area contributed by atoms with E-state index in [2.05, 4.69) is 0 Å². The van der Waals surface area contributed by atoms with Crippen LogP contribution < -0.4 is 0 Å². The molecule has 164 valence electrons. The van der Waals surface area contributed by atoms with Crippen molar-refractivity contribution in [2.75, 3.05) is 13.2 Å². The summed E-state index contributed by atoms with van der Waals surface area (Å²) in [5.41, 5.74) is -2.04. The molecule has 2 heterocycles. The number of ether oxygens (including phenoxy) is 3. The first-order chi connectivity index (χ1) is 12.2. The number of carboxylic acids is 1. The van der Waals surface area contributed by atoms with Gasteiger partial charge in [0, 0.05) is 17.3 Å². The third kappa shape index (κ3) is 4.36. The summed E-state index contributed by atoms with van der Waals surface area (Å²) < 4.78 is 17.7. The minimum atomic E-state index is -1.22. The zero-order valence-electron chi connectivity index (χ0n) is 17.9. The number of hydrogen-bond acceptors (Lipinski definition) is 6. The van der Waals surface area contributed by atoms with Crippen LogP contribution in [0.3, 0.4) is 0 Å². The van der Waals surface area contributed by atoms with E-state index in [4.69, 9.17) is 14.2 Å². The van der Waals surface area contributed by atoms with Gasteiger partial charge < -0.3 is 35.0 Å². The number of rotatable bonds is 5. The zero-order valence-corrected chi connectivity index (χ0v) is 17.9. The first kappa shape index (κ1) is 24.8. The molecule has 1 fully saturated rings. The lowest BCUT2D eigenvalue weighted by Crippen LogP contribution is -2.61. The summed E-state index contributed by atoms with van der Waals surface area (Å²) in [6.07, 6.45) is -0.567. The predicted molar refractivity (Wildman–Crippen MR) is 103 cm³/mol. The minimum Gasteiger partial charge on any atom is -0.478 e. The van der Waals surface area contributed by atoms with E-state index < -0.39 is 34.8 Å². The van der Waals surface area contributed by atoms with E-state index in [1.165, 1.54) is 6.08 Å². The average molecular weight is 405 g/mol. The van der Waals surface area contributed by atoms with Crippen LogP contribution in [0.5, 0.6) is 0 Å². The Hall–Kier alpha value is -1.19. The van der Waals surface area contributed by atoms with Crippen molar-refractivity contribution in [1.29, 1.82) is 0 Å². The van der Waals surface area contributed by atoms with Gasteiger partial charge in [-0.25, -0.2) is 4.79 Å².